The summed E-state index contributed by atoms with van der Waals surface area (Å²) in [6.07, 6.45) is 0. The minimum atomic E-state index is -1.38. The predicted octanol–water partition coefficient (Wildman–Crippen LogP) is 0.491. The number of hydrogen-bond acceptors (Lipinski definition) is 5. The Morgan fingerprint density at radius 3 is 1.85 bits per heavy atom. The minimum absolute atomic E-state index is 0.753. The fraction of sp³-hybridized carbons (Fsp3) is 0.200. The van der Waals surface area contributed by atoms with Gasteiger partial charge in [0, 0.05) is 11.8 Å². The molecule has 0 heterocycles. The first-order chi connectivity index (χ1) is 5.95. The standard InChI is InChI=1S/C5H3Cl2O4.O.V/c1-2(8)11-5(10)3(9)4(6)7;;/h1H3;;/q-1;;. The van der Waals surface area contributed by atoms with Gasteiger partial charge in [0.1, 0.15) is 5.78 Å². The number of carbonyl (C=O) groups excluding carboxylic acids is 3. The molecule has 73 valence electrons. The third-order valence-electron chi connectivity index (χ3n) is 0.593. The zero-order chi connectivity index (χ0) is 11.0. The molecule has 8 heteroatoms. The van der Waals surface area contributed by atoms with Crippen LogP contribution in [0.15, 0.2) is 0 Å². The van der Waals surface area contributed by atoms with Gasteiger partial charge < -0.3 is 14.3 Å². The number of ketones is 1. The fourth-order valence-corrected chi connectivity index (χ4v) is 0.408. The molecule has 0 aliphatic rings. The Hall–Kier alpha value is -0.356. The van der Waals surface area contributed by atoms with E-state index in [1.807, 2.05) is 0 Å². The van der Waals surface area contributed by atoms with Crippen LogP contribution in [0.3, 0.4) is 0 Å². The van der Waals surface area contributed by atoms with Crippen molar-refractivity contribution in [3.8, 4) is 0 Å². The molecule has 0 aromatic rings. The Morgan fingerprint density at radius 2 is 1.62 bits per heavy atom. The van der Waals surface area contributed by atoms with Crippen LogP contribution in [-0.2, 0) is 40.2 Å². The van der Waals surface area contributed by atoms with Gasteiger partial charge in [-0.15, -0.1) is 0 Å². The van der Waals surface area contributed by atoms with E-state index in [1.54, 1.807) is 0 Å². The molecule has 0 aromatic heterocycles. The topological polar surface area (TPSA) is 77.5 Å². The van der Waals surface area contributed by atoms with Crippen LogP contribution in [-0.4, -0.2) is 17.7 Å². The summed E-state index contributed by atoms with van der Waals surface area (Å²) in [5.41, 5.74) is 0. The average molecular weight is 265 g/mol. The van der Waals surface area contributed by atoms with Gasteiger partial charge in [0.05, 0.1) is 0 Å². The summed E-state index contributed by atoms with van der Waals surface area (Å²) < 4.78 is 12.0. The van der Waals surface area contributed by atoms with Gasteiger partial charge >= 0.3 is 21.0 Å². The first-order valence-electron chi connectivity index (χ1n) is 2.58. The number of hydrogen-bond donors (Lipinski definition) is 0. The molecule has 0 spiro atoms. The predicted molar refractivity (Wildman–Crippen MR) is 37.4 cm³/mol. The Labute approximate surface area is 92.9 Å². The van der Waals surface area contributed by atoms with Crippen LogP contribution in [0.25, 0.3) is 0 Å². The SMILES string of the molecule is CC(=O)OC(=O)C(=O)[C-](Cl)Cl.[O]=[V]. The summed E-state index contributed by atoms with van der Waals surface area (Å²) in [4.78, 5) is 30.2. The van der Waals surface area contributed by atoms with Crippen LogP contribution in [0.1, 0.15) is 6.92 Å². The van der Waals surface area contributed by atoms with E-state index < -0.39 is 22.6 Å². The van der Waals surface area contributed by atoms with Gasteiger partial charge in [-0.05, 0) is 0 Å². The zero-order valence-corrected chi connectivity index (χ0v) is 9.15. The molecule has 0 aromatic carbocycles. The van der Waals surface area contributed by atoms with Crippen molar-refractivity contribution in [3.63, 3.8) is 0 Å². The number of carbonyl (C=O) groups is 3. The van der Waals surface area contributed by atoms with Gasteiger partial charge in [-0.25, -0.2) is 0 Å². The molecular weight excluding hydrogens is 262 g/mol. The number of halogens is 2. The van der Waals surface area contributed by atoms with Crippen LogP contribution in [0.4, 0.5) is 0 Å². The quantitative estimate of drug-likeness (QED) is 0.314. The van der Waals surface area contributed by atoms with Crippen LogP contribution in [0.5, 0.6) is 0 Å². The molecule has 0 rings (SSSR count). The van der Waals surface area contributed by atoms with Crippen LogP contribution >= 0.6 is 23.2 Å². The second-order valence-corrected chi connectivity index (χ2v) is 2.42. The zero-order valence-electron chi connectivity index (χ0n) is 6.24. The third kappa shape index (κ3) is 7.99. The molecule has 0 unspecified atom stereocenters. The van der Waals surface area contributed by atoms with Gasteiger partial charge in [0.25, 0.3) is 5.97 Å². The van der Waals surface area contributed by atoms with Gasteiger partial charge in [-0.2, -0.15) is 23.2 Å². The molecule has 0 atom stereocenters. The number of rotatable bonds is 2. The maximum atomic E-state index is 10.5. The summed E-state index contributed by atoms with van der Waals surface area (Å²) in [6.45, 7) is 0.979. The molecule has 0 radical (unpaired) electrons. The molecule has 0 saturated heterocycles. The van der Waals surface area contributed by atoms with E-state index >= 15 is 0 Å². The monoisotopic (exact) mass is 264 g/mol. The van der Waals surface area contributed by atoms with Gasteiger partial charge in [-0.3, -0.25) is 4.79 Å². The fourth-order valence-electron chi connectivity index (χ4n) is 0.254. The van der Waals surface area contributed by atoms with E-state index in [1.165, 1.54) is 0 Å². The number of ether oxygens (including phenoxy) is 1. The van der Waals surface area contributed by atoms with Crippen molar-refractivity contribution >= 4 is 40.9 Å². The molecule has 0 aliphatic heterocycles. The van der Waals surface area contributed by atoms with Crippen molar-refractivity contribution in [2.45, 2.75) is 6.92 Å². The van der Waals surface area contributed by atoms with E-state index in [-0.39, 0.29) is 0 Å². The summed E-state index contributed by atoms with van der Waals surface area (Å²) in [7, 11) is 0. The van der Waals surface area contributed by atoms with E-state index in [4.69, 9.17) is 26.9 Å². The normalized spacial score (nSPS) is 7.54. The van der Waals surface area contributed by atoms with E-state index in [2.05, 4.69) is 4.74 Å². The van der Waals surface area contributed by atoms with E-state index in [9.17, 15) is 14.4 Å². The van der Waals surface area contributed by atoms with Gasteiger partial charge in [0.15, 0.2) is 0 Å². The van der Waals surface area contributed by atoms with Crippen molar-refractivity contribution in [2.75, 3.05) is 0 Å². The Balaban J connectivity index is 0. The molecular formula is C5H3Cl2O5V-. The van der Waals surface area contributed by atoms with Crippen molar-refractivity contribution in [2.24, 2.45) is 0 Å². The Bertz CT molecular complexity index is 217. The number of Topliss-reactive ketones (excluding diaryl/α,β-unsaturated/α-hetero) is 1. The Morgan fingerprint density at radius 1 is 1.23 bits per heavy atom. The summed E-state index contributed by atoms with van der Waals surface area (Å²) in [5, 5.41) is 0. The van der Waals surface area contributed by atoms with Crippen LogP contribution < -0.4 is 0 Å². The second-order valence-electron chi connectivity index (χ2n) is 1.47. The molecule has 0 aliphatic carbocycles. The molecule has 0 N–H and O–H groups in total. The summed E-state index contributed by atoms with van der Waals surface area (Å²) in [5.74, 6) is -3.50. The molecule has 0 bridgehead atoms. The average Bonchev–Trinajstić information content (AvgIpc) is 2.05. The van der Waals surface area contributed by atoms with Gasteiger partial charge in [0.2, 0.25) is 5.97 Å². The molecule has 13 heavy (non-hydrogen) atoms. The van der Waals surface area contributed by atoms with E-state index in [0.717, 1.165) is 24.3 Å². The van der Waals surface area contributed by atoms with Crippen molar-refractivity contribution < 1.29 is 40.2 Å². The maximum absolute atomic E-state index is 10.5. The second kappa shape index (κ2) is 8.25. The van der Waals surface area contributed by atoms with E-state index in [0.29, 0.717) is 0 Å². The Kier molecular flexibility index (Phi) is 9.61. The van der Waals surface area contributed by atoms with Crippen molar-refractivity contribution in [1.29, 1.82) is 0 Å². The molecule has 0 saturated carbocycles. The number of esters is 2. The van der Waals surface area contributed by atoms with Gasteiger partial charge in [-0.1, -0.05) is 0 Å². The summed E-state index contributed by atoms with van der Waals surface area (Å²) >= 11 is 10.9. The van der Waals surface area contributed by atoms with Crippen LogP contribution in [0, 0.1) is 4.84 Å². The summed E-state index contributed by atoms with van der Waals surface area (Å²) in [6, 6.07) is 0. The van der Waals surface area contributed by atoms with Crippen LogP contribution in [0.2, 0.25) is 0 Å². The van der Waals surface area contributed by atoms with Crippen molar-refractivity contribution in [1.82, 2.24) is 0 Å². The first-order valence-corrected chi connectivity index (χ1v) is 3.91. The third-order valence-corrected chi connectivity index (χ3v) is 0.937. The molecule has 5 nitrogen and oxygen atoms in total. The molecule has 0 amide bonds. The first kappa shape index (κ1) is 15.1. The molecule has 0 fully saturated rings. The van der Waals surface area contributed by atoms with Crippen molar-refractivity contribution in [3.05, 3.63) is 4.84 Å².